The van der Waals surface area contributed by atoms with Crippen molar-refractivity contribution in [3.8, 4) is 5.69 Å². The maximum absolute atomic E-state index is 13.9. The van der Waals surface area contributed by atoms with Gasteiger partial charge in [-0.1, -0.05) is 17.8 Å². The van der Waals surface area contributed by atoms with Gasteiger partial charge in [0, 0.05) is 19.2 Å². The molecule has 1 saturated heterocycles. The molecule has 1 unspecified atom stereocenters. The molecule has 0 bridgehead atoms. The van der Waals surface area contributed by atoms with Gasteiger partial charge in [0.1, 0.15) is 17.5 Å². The van der Waals surface area contributed by atoms with Crippen LogP contribution in [0.1, 0.15) is 6.92 Å². The second-order valence-corrected chi connectivity index (χ2v) is 8.38. The number of hydrogen-bond donors (Lipinski definition) is 1. The molecule has 1 aliphatic heterocycles. The van der Waals surface area contributed by atoms with Crippen LogP contribution >= 0.6 is 11.8 Å². The number of amides is 1. The summed E-state index contributed by atoms with van der Waals surface area (Å²) in [4.78, 5) is 14.6. The molecule has 32 heavy (non-hydrogen) atoms. The number of morpholine rings is 1. The van der Waals surface area contributed by atoms with Crippen LogP contribution in [-0.2, 0) is 9.53 Å². The smallest absolute Gasteiger partial charge is 0.237 e. The maximum Gasteiger partial charge on any atom is 0.237 e. The molecule has 0 spiro atoms. The number of carbonyl (C=O) groups is 1. The fourth-order valence-electron chi connectivity index (χ4n) is 3.19. The highest BCUT2D eigenvalue weighted by Gasteiger charge is 2.25. The second-order valence-electron chi connectivity index (χ2n) is 7.07. The highest BCUT2D eigenvalue weighted by atomic mass is 32.2. The predicted octanol–water partition coefficient (Wildman–Crippen LogP) is 3.64. The number of nitrogens with one attached hydrogen (secondary N) is 1. The molecular formula is C21H20F3N5O2S. The van der Waals surface area contributed by atoms with Crippen molar-refractivity contribution in [3.05, 3.63) is 59.9 Å². The van der Waals surface area contributed by atoms with Crippen molar-refractivity contribution < 1.29 is 22.7 Å². The van der Waals surface area contributed by atoms with Gasteiger partial charge in [0.25, 0.3) is 0 Å². The molecule has 4 rings (SSSR count). The number of halogens is 3. The molecule has 2 aromatic carbocycles. The van der Waals surface area contributed by atoms with Gasteiger partial charge in [-0.15, -0.1) is 10.2 Å². The zero-order chi connectivity index (χ0) is 22.7. The van der Waals surface area contributed by atoms with E-state index in [2.05, 4.69) is 15.5 Å². The fraction of sp³-hybridized carbons (Fsp3) is 0.286. The molecule has 3 aromatic rings. The first-order valence-corrected chi connectivity index (χ1v) is 10.8. The van der Waals surface area contributed by atoms with Gasteiger partial charge in [-0.25, -0.2) is 13.2 Å². The highest BCUT2D eigenvalue weighted by molar-refractivity contribution is 8.00. The van der Waals surface area contributed by atoms with Crippen molar-refractivity contribution in [3.63, 3.8) is 0 Å². The molecule has 1 amide bonds. The minimum atomic E-state index is -0.741. The van der Waals surface area contributed by atoms with Crippen molar-refractivity contribution in [2.75, 3.05) is 36.5 Å². The van der Waals surface area contributed by atoms with Gasteiger partial charge in [-0.2, -0.15) is 0 Å². The number of nitrogens with zero attached hydrogens (tertiary/aromatic N) is 4. The Morgan fingerprint density at radius 1 is 1.09 bits per heavy atom. The van der Waals surface area contributed by atoms with Crippen LogP contribution < -0.4 is 10.2 Å². The van der Waals surface area contributed by atoms with E-state index in [0.29, 0.717) is 43.1 Å². The molecule has 11 heteroatoms. The number of thioether (sulfide) groups is 1. The lowest BCUT2D eigenvalue weighted by Gasteiger charge is -2.28. The summed E-state index contributed by atoms with van der Waals surface area (Å²) >= 11 is 1.07. The van der Waals surface area contributed by atoms with Gasteiger partial charge in [0.2, 0.25) is 11.9 Å². The summed E-state index contributed by atoms with van der Waals surface area (Å²) in [6.45, 7) is 3.84. The fourth-order valence-corrected chi connectivity index (χ4v) is 4.05. The van der Waals surface area contributed by atoms with Crippen LogP contribution in [-0.4, -0.2) is 52.2 Å². The van der Waals surface area contributed by atoms with Crippen molar-refractivity contribution in [1.82, 2.24) is 14.8 Å². The van der Waals surface area contributed by atoms with Gasteiger partial charge in [-0.05, 0) is 37.3 Å². The third kappa shape index (κ3) is 4.89. The molecule has 1 atom stereocenters. The summed E-state index contributed by atoms with van der Waals surface area (Å²) in [6.07, 6.45) is 0. The van der Waals surface area contributed by atoms with Crippen LogP contribution in [0.4, 0.5) is 24.8 Å². The monoisotopic (exact) mass is 463 g/mol. The standard InChI is InChI=1S/C21H20F3N5O2S/c1-13(19(30)25-18-12-15(23)5-6-17(18)24)32-21-27-26-20(28-7-9-31-10-8-28)29(21)16-4-2-3-14(22)11-16/h2-6,11-13H,7-10H2,1H3,(H,25,30). The highest BCUT2D eigenvalue weighted by Crippen LogP contribution is 2.30. The predicted molar refractivity (Wildman–Crippen MR) is 115 cm³/mol. The van der Waals surface area contributed by atoms with Crippen LogP contribution in [0.2, 0.25) is 0 Å². The lowest BCUT2D eigenvalue weighted by molar-refractivity contribution is -0.115. The van der Waals surface area contributed by atoms with Crippen molar-refractivity contribution in [2.24, 2.45) is 0 Å². The Kier molecular flexibility index (Phi) is 6.66. The number of ether oxygens (including phenoxy) is 1. The van der Waals surface area contributed by atoms with Crippen LogP contribution in [0.5, 0.6) is 0 Å². The van der Waals surface area contributed by atoms with Gasteiger partial charge >= 0.3 is 0 Å². The third-order valence-corrected chi connectivity index (χ3v) is 5.86. The Balaban J connectivity index is 1.60. The summed E-state index contributed by atoms with van der Waals surface area (Å²) in [7, 11) is 0. The number of hydrogen-bond acceptors (Lipinski definition) is 6. The summed E-state index contributed by atoms with van der Waals surface area (Å²) in [5, 5.41) is 10.5. The molecule has 0 saturated carbocycles. The topological polar surface area (TPSA) is 72.3 Å². The molecule has 0 aliphatic carbocycles. The summed E-state index contributed by atoms with van der Waals surface area (Å²) in [6, 6.07) is 8.80. The minimum Gasteiger partial charge on any atom is -0.378 e. The molecule has 0 radical (unpaired) electrons. The van der Waals surface area contributed by atoms with Gasteiger partial charge in [0.15, 0.2) is 5.16 Å². The summed E-state index contributed by atoms with van der Waals surface area (Å²) < 4.78 is 48.3. The van der Waals surface area contributed by atoms with Crippen molar-refractivity contribution in [1.29, 1.82) is 0 Å². The van der Waals surface area contributed by atoms with E-state index >= 15 is 0 Å². The SMILES string of the molecule is CC(Sc1nnc(N2CCOCC2)n1-c1cccc(F)c1)C(=O)Nc1cc(F)ccc1F. The third-order valence-electron chi connectivity index (χ3n) is 4.81. The molecule has 2 heterocycles. The normalized spacial score (nSPS) is 14.9. The zero-order valence-corrected chi connectivity index (χ0v) is 17.9. The zero-order valence-electron chi connectivity index (χ0n) is 17.1. The minimum absolute atomic E-state index is 0.247. The number of anilines is 2. The Morgan fingerprint density at radius 3 is 2.59 bits per heavy atom. The largest absolute Gasteiger partial charge is 0.378 e. The van der Waals surface area contributed by atoms with Gasteiger partial charge in [-0.3, -0.25) is 9.36 Å². The van der Waals surface area contributed by atoms with Gasteiger partial charge < -0.3 is 15.0 Å². The number of aromatic nitrogens is 3. The average Bonchev–Trinajstić information content (AvgIpc) is 3.20. The second kappa shape index (κ2) is 9.61. The Hall–Kier alpha value is -3.05. The molecule has 1 aliphatic rings. The number of rotatable bonds is 6. The molecule has 1 aromatic heterocycles. The van der Waals surface area contributed by atoms with Crippen LogP contribution in [0.25, 0.3) is 5.69 Å². The number of carbonyl (C=O) groups excluding carboxylic acids is 1. The van der Waals surface area contributed by atoms with Crippen molar-refractivity contribution in [2.45, 2.75) is 17.3 Å². The van der Waals surface area contributed by atoms with Crippen LogP contribution in [0.15, 0.2) is 47.6 Å². The first-order chi connectivity index (χ1) is 15.4. The molecule has 168 valence electrons. The van der Waals surface area contributed by atoms with E-state index in [1.165, 1.54) is 12.1 Å². The van der Waals surface area contributed by atoms with Crippen molar-refractivity contribution >= 4 is 29.3 Å². The van der Waals surface area contributed by atoms with Crippen LogP contribution in [0.3, 0.4) is 0 Å². The molecule has 7 nitrogen and oxygen atoms in total. The van der Waals surface area contributed by atoms with E-state index in [1.54, 1.807) is 23.6 Å². The van der Waals surface area contributed by atoms with E-state index in [4.69, 9.17) is 4.74 Å². The molecule has 1 N–H and O–H groups in total. The van der Waals surface area contributed by atoms with E-state index in [9.17, 15) is 18.0 Å². The first kappa shape index (κ1) is 22.2. The lowest BCUT2D eigenvalue weighted by atomic mass is 10.3. The summed E-state index contributed by atoms with van der Waals surface area (Å²) in [5.41, 5.74) is 0.255. The lowest BCUT2D eigenvalue weighted by Crippen LogP contribution is -2.38. The average molecular weight is 463 g/mol. The van der Waals surface area contributed by atoms with Gasteiger partial charge in [0.05, 0.1) is 29.8 Å². The van der Waals surface area contributed by atoms with E-state index in [0.717, 1.165) is 30.0 Å². The molecular weight excluding hydrogens is 443 g/mol. The Morgan fingerprint density at radius 2 is 1.84 bits per heavy atom. The van der Waals surface area contributed by atoms with E-state index < -0.39 is 28.6 Å². The van der Waals surface area contributed by atoms with E-state index in [1.807, 2.05) is 4.90 Å². The first-order valence-electron chi connectivity index (χ1n) is 9.89. The Bertz CT molecular complexity index is 1120. The summed E-state index contributed by atoms with van der Waals surface area (Å²) in [5.74, 6) is -1.86. The Labute approximate surface area is 186 Å². The number of benzene rings is 2. The molecule has 1 fully saturated rings. The quantitative estimate of drug-likeness (QED) is 0.563. The maximum atomic E-state index is 13.9. The van der Waals surface area contributed by atoms with E-state index in [-0.39, 0.29) is 5.69 Å². The van der Waals surface area contributed by atoms with Crippen LogP contribution in [0, 0.1) is 17.5 Å².